The Labute approximate surface area is 382 Å². The number of ether oxygens (including phenoxy) is 5. The highest BCUT2D eigenvalue weighted by atomic mass is 35.5. The Morgan fingerprint density at radius 2 is 1.28 bits per heavy atom. The van der Waals surface area contributed by atoms with Crippen molar-refractivity contribution in [1.82, 2.24) is 20.1 Å². The molecule has 17 heteroatoms. The summed E-state index contributed by atoms with van der Waals surface area (Å²) in [7, 11) is 1.62. The lowest BCUT2D eigenvalue weighted by Gasteiger charge is -2.26. The van der Waals surface area contributed by atoms with Crippen molar-refractivity contribution in [2.45, 2.75) is 45.7 Å². The Hall–Kier alpha value is -5.97. The van der Waals surface area contributed by atoms with Crippen molar-refractivity contribution in [3.63, 3.8) is 0 Å². The molecule has 1 amide bonds. The predicted molar refractivity (Wildman–Crippen MR) is 249 cm³/mol. The summed E-state index contributed by atoms with van der Waals surface area (Å²) in [5.74, 6) is 2.82. The highest BCUT2D eigenvalue weighted by Crippen LogP contribution is 2.36. The Balaban J connectivity index is 0.832. The molecular formula is C47H51Cl2N9O6. The average Bonchev–Trinajstić information content (AvgIpc) is 3.55. The van der Waals surface area contributed by atoms with Crippen LogP contribution in [0.5, 0.6) is 11.5 Å². The zero-order chi connectivity index (χ0) is 45.2. The molecule has 3 N–H and O–H groups in total. The van der Waals surface area contributed by atoms with E-state index in [1.807, 2.05) is 103 Å². The van der Waals surface area contributed by atoms with Crippen LogP contribution >= 0.6 is 23.2 Å². The number of amides is 1. The first kappa shape index (κ1) is 46.0. The number of rotatable bonds is 19. The maximum Gasteiger partial charge on any atom is 0.222 e. The number of fused-ring (bicyclic) bond motifs is 4. The molecule has 0 aliphatic carbocycles. The van der Waals surface area contributed by atoms with Crippen LogP contribution in [0.25, 0.3) is 5.69 Å². The summed E-state index contributed by atoms with van der Waals surface area (Å²) in [5, 5.41) is 30.3. The number of aliphatic imine (C=N–C) groups is 2. The summed E-state index contributed by atoms with van der Waals surface area (Å²) in [6.07, 6.45) is 0.662. The number of aryl methyl sites for hydroxylation is 1. The van der Waals surface area contributed by atoms with Crippen LogP contribution in [-0.4, -0.2) is 110 Å². The van der Waals surface area contributed by atoms with E-state index in [2.05, 4.69) is 15.5 Å². The summed E-state index contributed by atoms with van der Waals surface area (Å²) in [5.41, 5.74) is 6.22. The molecule has 3 heterocycles. The third-order valence-corrected chi connectivity index (χ3v) is 11.1. The molecule has 0 saturated heterocycles. The number of halogens is 2. The SMILES string of the molecule is CC[C@@H]1N=C(c2ccc(Cl)cc2)c2cc(OCCOCCOCCOCCNC(=O)C[C@@H]3N=C(c4ccc(Cl)cc4)c4cc(OC)ccc4-n4c(C)nnc43)ccc2N(C(C)=N)C1=N. The number of carbonyl (C=O) groups excluding carboxylic acids is 1. The highest BCUT2D eigenvalue weighted by Gasteiger charge is 2.32. The number of benzodiazepines with no additional fused rings is 1. The molecule has 2 aliphatic heterocycles. The molecule has 0 spiro atoms. The molecule has 2 atom stereocenters. The largest absolute Gasteiger partial charge is 0.497 e. The van der Waals surface area contributed by atoms with Crippen LogP contribution in [0.15, 0.2) is 94.9 Å². The number of methoxy groups -OCH3 is 1. The lowest BCUT2D eigenvalue weighted by molar-refractivity contribution is -0.121. The minimum Gasteiger partial charge on any atom is -0.497 e. The first-order valence-electron chi connectivity index (χ1n) is 21.0. The molecule has 0 bridgehead atoms. The van der Waals surface area contributed by atoms with E-state index in [1.54, 1.807) is 18.9 Å². The van der Waals surface area contributed by atoms with Gasteiger partial charge in [0.2, 0.25) is 5.91 Å². The predicted octanol–water partition coefficient (Wildman–Crippen LogP) is 7.83. The first-order chi connectivity index (χ1) is 31.1. The van der Waals surface area contributed by atoms with E-state index in [0.29, 0.717) is 110 Å². The Morgan fingerprint density at radius 1 is 0.734 bits per heavy atom. The van der Waals surface area contributed by atoms with E-state index in [0.717, 1.165) is 27.9 Å². The second-order valence-electron chi connectivity index (χ2n) is 15.0. The number of aromatic nitrogens is 3. The Bertz CT molecular complexity index is 2530. The Kier molecular flexibility index (Phi) is 15.5. The fraction of sp³-hybridized carbons (Fsp3) is 0.340. The summed E-state index contributed by atoms with van der Waals surface area (Å²) in [6.45, 7) is 8.28. The van der Waals surface area contributed by atoms with Gasteiger partial charge < -0.3 is 29.0 Å². The van der Waals surface area contributed by atoms with Crippen molar-refractivity contribution in [3.05, 3.63) is 129 Å². The van der Waals surface area contributed by atoms with Gasteiger partial charge in [0, 0.05) is 38.8 Å². The molecular weight excluding hydrogens is 857 g/mol. The third kappa shape index (κ3) is 10.9. The molecule has 7 rings (SSSR count). The molecule has 4 aromatic carbocycles. The Morgan fingerprint density at radius 3 is 1.89 bits per heavy atom. The number of hydrogen-bond donors (Lipinski definition) is 3. The molecule has 2 aliphatic rings. The molecule has 0 saturated carbocycles. The maximum atomic E-state index is 13.3. The summed E-state index contributed by atoms with van der Waals surface area (Å²) in [6, 6.07) is 25.2. The van der Waals surface area contributed by atoms with Crippen LogP contribution in [0, 0.1) is 17.7 Å². The van der Waals surface area contributed by atoms with Gasteiger partial charge in [0.1, 0.15) is 47.7 Å². The van der Waals surface area contributed by atoms with Gasteiger partial charge in [0.05, 0.1) is 76.0 Å². The lowest BCUT2D eigenvalue weighted by Crippen LogP contribution is -2.40. The van der Waals surface area contributed by atoms with Crippen molar-refractivity contribution in [2.24, 2.45) is 9.98 Å². The van der Waals surface area contributed by atoms with Crippen LogP contribution in [0.4, 0.5) is 5.69 Å². The topological polar surface area (TPSA) is 182 Å². The molecule has 0 radical (unpaired) electrons. The van der Waals surface area contributed by atoms with E-state index in [4.69, 9.17) is 67.7 Å². The standard InChI is InChI=1S/C47H51Cl2N9O6/c1-5-39-46(51)57(29(2)50)41-17-15-36(27-38(41)44(53-39)31-6-10-33(48)11-7-31)64-25-24-63-23-22-62-21-20-61-19-18-52-43(59)28-40-47-56-55-30(3)58(47)42-16-14-35(60-4)26-37(42)45(54-40)32-8-12-34(49)13-9-32/h6-17,26-27,39-40,50-51H,5,18-25,28H2,1-4H3,(H,52,59)/t39-,40-/m0/s1. The van der Waals surface area contributed by atoms with Gasteiger partial charge in [-0.25, -0.2) is 0 Å². The zero-order valence-electron chi connectivity index (χ0n) is 36.2. The summed E-state index contributed by atoms with van der Waals surface area (Å²) >= 11 is 12.4. The van der Waals surface area contributed by atoms with Gasteiger partial charge >= 0.3 is 0 Å². The van der Waals surface area contributed by atoms with Crippen LogP contribution in [0.3, 0.4) is 0 Å². The van der Waals surface area contributed by atoms with Crippen LogP contribution in [0.2, 0.25) is 10.0 Å². The highest BCUT2D eigenvalue weighted by molar-refractivity contribution is 6.31. The molecule has 334 valence electrons. The van der Waals surface area contributed by atoms with Gasteiger partial charge in [-0.2, -0.15) is 0 Å². The fourth-order valence-corrected chi connectivity index (χ4v) is 7.74. The van der Waals surface area contributed by atoms with E-state index < -0.39 is 12.1 Å². The van der Waals surface area contributed by atoms with Crippen LogP contribution in [-0.2, 0) is 19.0 Å². The molecule has 5 aromatic rings. The summed E-state index contributed by atoms with van der Waals surface area (Å²) < 4.78 is 30.7. The average molecular weight is 909 g/mol. The monoisotopic (exact) mass is 907 g/mol. The number of nitrogens with zero attached hydrogens (tertiary/aromatic N) is 6. The van der Waals surface area contributed by atoms with Crippen molar-refractivity contribution in [1.29, 1.82) is 10.8 Å². The number of carbonyl (C=O) groups is 1. The van der Waals surface area contributed by atoms with Crippen molar-refractivity contribution < 1.29 is 28.5 Å². The van der Waals surface area contributed by atoms with E-state index in [-0.39, 0.29) is 24.0 Å². The maximum absolute atomic E-state index is 13.3. The van der Waals surface area contributed by atoms with Gasteiger partial charge in [-0.15, -0.1) is 10.2 Å². The third-order valence-electron chi connectivity index (χ3n) is 10.6. The van der Waals surface area contributed by atoms with Gasteiger partial charge in [-0.1, -0.05) is 54.4 Å². The van der Waals surface area contributed by atoms with Crippen molar-refractivity contribution in [2.75, 3.05) is 64.8 Å². The van der Waals surface area contributed by atoms with E-state index in [1.165, 1.54) is 0 Å². The molecule has 0 unspecified atom stereocenters. The normalized spacial score (nSPS) is 15.5. The second kappa shape index (κ2) is 21.6. The molecule has 1 aromatic heterocycles. The number of benzene rings is 4. The molecule has 0 fully saturated rings. The van der Waals surface area contributed by atoms with Crippen molar-refractivity contribution >= 4 is 57.9 Å². The fourth-order valence-electron chi connectivity index (χ4n) is 7.49. The van der Waals surface area contributed by atoms with Crippen molar-refractivity contribution in [3.8, 4) is 17.2 Å². The van der Waals surface area contributed by atoms with Gasteiger partial charge in [-0.3, -0.25) is 35.1 Å². The zero-order valence-corrected chi connectivity index (χ0v) is 37.7. The molecule has 15 nitrogen and oxygen atoms in total. The van der Waals surface area contributed by atoms with E-state index >= 15 is 0 Å². The van der Waals surface area contributed by atoms with Crippen LogP contribution < -0.4 is 19.7 Å². The quantitative estimate of drug-likeness (QED) is 0.0423. The number of amidine groups is 2. The summed E-state index contributed by atoms with van der Waals surface area (Å²) in [4.78, 5) is 25.0. The first-order valence-corrected chi connectivity index (χ1v) is 21.8. The number of anilines is 1. The van der Waals surface area contributed by atoms with Gasteiger partial charge in [-0.05, 0) is 80.9 Å². The van der Waals surface area contributed by atoms with Crippen LogP contribution in [0.1, 0.15) is 66.6 Å². The van der Waals surface area contributed by atoms with E-state index in [9.17, 15) is 4.79 Å². The minimum absolute atomic E-state index is 0.0533. The smallest absolute Gasteiger partial charge is 0.222 e. The number of nitrogens with one attached hydrogen (secondary N) is 3. The molecule has 64 heavy (non-hydrogen) atoms. The number of hydrogen-bond acceptors (Lipinski definition) is 12. The van der Waals surface area contributed by atoms with Gasteiger partial charge in [0.25, 0.3) is 0 Å². The van der Waals surface area contributed by atoms with Gasteiger partial charge in [0.15, 0.2) is 5.82 Å². The minimum atomic E-state index is -0.611. The lowest BCUT2D eigenvalue weighted by atomic mass is 9.99. The second-order valence-corrected chi connectivity index (χ2v) is 15.8.